The molecule has 0 aliphatic heterocycles. The first-order valence-corrected chi connectivity index (χ1v) is 17.2. The number of carbonyl (C=O) groups excluding carboxylic acids is 2. The third kappa shape index (κ3) is 5.24. The van der Waals surface area contributed by atoms with E-state index in [4.69, 9.17) is 25.8 Å². The number of fused-ring (bicyclic) bond motifs is 5. The van der Waals surface area contributed by atoms with Crippen molar-refractivity contribution in [3.63, 3.8) is 0 Å². The van der Waals surface area contributed by atoms with Gasteiger partial charge in [-0.1, -0.05) is 60.5 Å². The quantitative estimate of drug-likeness (QED) is 0.227. The second-order valence-electron chi connectivity index (χ2n) is 14.3. The van der Waals surface area contributed by atoms with Crippen LogP contribution >= 0.6 is 11.6 Å². The van der Waals surface area contributed by atoms with E-state index in [1.165, 1.54) is 24.3 Å². The molecule has 2 N–H and O–H groups in total. The molecule has 1 unspecified atom stereocenters. The van der Waals surface area contributed by atoms with Crippen molar-refractivity contribution < 1.29 is 43.2 Å². The minimum Gasteiger partial charge on any atom is -0.487 e. The van der Waals surface area contributed by atoms with Crippen molar-refractivity contribution >= 4 is 29.3 Å². The third-order valence-electron chi connectivity index (χ3n) is 11.8. The van der Waals surface area contributed by atoms with E-state index in [1.807, 2.05) is 30.3 Å². The third-order valence-corrected chi connectivity index (χ3v) is 12.2. The maximum atomic E-state index is 17.5. The standard InChI is InChI=1S/C40H38ClFO8/c1-37-18-16-27(43)20-26(37)10-14-31-30-17-19-39(36(46)47,38(30,2)22-34(44)40(31,37)42)50-35(45)25-8-11-28(12-9-25)49-29-13-15-32(41)33(21-29)48-23-24-6-4-3-5-7-24/h3-9,11-13,15-16,18,20-21,30-31,34,44H,10,14,17,19,22-23H2,1-2H3,(H,46,47)/t30-,31-,34-,37-,38-,39+,40?/m0/s1. The monoisotopic (exact) mass is 700 g/mol. The van der Waals surface area contributed by atoms with Crippen LogP contribution in [0.2, 0.25) is 5.02 Å². The zero-order valence-electron chi connectivity index (χ0n) is 27.7. The molecule has 3 aromatic rings. The molecule has 0 amide bonds. The van der Waals surface area contributed by atoms with Crippen molar-refractivity contribution in [1.82, 2.24) is 0 Å². The summed E-state index contributed by atoms with van der Waals surface area (Å²) in [5, 5.41) is 22.7. The van der Waals surface area contributed by atoms with Gasteiger partial charge in [-0.3, -0.25) is 4.79 Å². The fraction of sp³-hybridized carbons (Fsp3) is 0.375. The van der Waals surface area contributed by atoms with E-state index in [0.29, 0.717) is 53.7 Å². The highest BCUT2D eigenvalue weighted by Crippen LogP contribution is 2.70. The molecule has 0 heterocycles. The van der Waals surface area contributed by atoms with Crippen LogP contribution in [0.25, 0.3) is 0 Å². The number of hydrogen-bond donors (Lipinski definition) is 2. The Labute approximate surface area is 294 Å². The van der Waals surface area contributed by atoms with Gasteiger partial charge >= 0.3 is 11.9 Å². The fourth-order valence-corrected chi connectivity index (χ4v) is 9.34. The Bertz CT molecular complexity index is 1910. The van der Waals surface area contributed by atoms with E-state index in [-0.39, 0.29) is 24.2 Å². The van der Waals surface area contributed by atoms with E-state index in [2.05, 4.69) is 0 Å². The van der Waals surface area contributed by atoms with Crippen LogP contribution in [0.3, 0.4) is 0 Å². The summed E-state index contributed by atoms with van der Waals surface area (Å²) in [6.07, 6.45) is 3.67. The van der Waals surface area contributed by atoms with Crippen molar-refractivity contribution in [3.8, 4) is 17.2 Å². The van der Waals surface area contributed by atoms with Crippen LogP contribution in [-0.2, 0) is 20.9 Å². The van der Waals surface area contributed by atoms with Gasteiger partial charge in [0, 0.05) is 22.8 Å². The summed E-state index contributed by atoms with van der Waals surface area (Å²) in [5.74, 6) is -2.26. The molecular formula is C40H38ClFO8. The Morgan fingerprint density at radius 2 is 1.70 bits per heavy atom. The molecule has 3 fully saturated rings. The molecule has 50 heavy (non-hydrogen) atoms. The molecule has 4 aliphatic rings. The second kappa shape index (κ2) is 12.4. The number of aliphatic hydroxyl groups excluding tert-OH is 1. The van der Waals surface area contributed by atoms with Crippen LogP contribution in [0.4, 0.5) is 4.39 Å². The zero-order valence-corrected chi connectivity index (χ0v) is 28.5. The normalized spacial score (nSPS) is 32.6. The van der Waals surface area contributed by atoms with Gasteiger partial charge in [0.15, 0.2) is 11.5 Å². The summed E-state index contributed by atoms with van der Waals surface area (Å²) >= 11 is 6.34. The largest absolute Gasteiger partial charge is 0.487 e. The molecular weight excluding hydrogens is 663 g/mol. The van der Waals surface area contributed by atoms with Crippen molar-refractivity contribution in [3.05, 3.63) is 113 Å². The number of ketones is 1. The Morgan fingerprint density at radius 1 is 0.980 bits per heavy atom. The Kier molecular flexibility index (Phi) is 8.42. The van der Waals surface area contributed by atoms with Crippen LogP contribution in [0.1, 0.15) is 61.9 Å². The molecule has 7 atom stereocenters. The number of ether oxygens (including phenoxy) is 3. The Balaban J connectivity index is 1.08. The van der Waals surface area contributed by atoms with Crippen LogP contribution in [0, 0.1) is 22.7 Å². The van der Waals surface area contributed by atoms with Crippen LogP contribution in [0.15, 0.2) is 96.6 Å². The van der Waals surface area contributed by atoms with Gasteiger partial charge in [-0.25, -0.2) is 14.0 Å². The van der Waals surface area contributed by atoms with Gasteiger partial charge in [-0.05, 0) is 99.1 Å². The zero-order chi connectivity index (χ0) is 35.5. The molecule has 7 rings (SSSR count). The summed E-state index contributed by atoms with van der Waals surface area (Å²) in [4.78, 5) is 38.9. The first-order chi connectivity index (χ1) is 23.8. The van der Waals surface area contributed by atoms with Crippen LogP contribution in [0.5, 0.6) is 17.2 Å². The molecule has 0 saturated heterocycles. The molecule has 0 aromatic heterocycles. The summed E-state index contributed by atoms with van der Waals surface area (Å²) in [6.45, 7) is 3.73. The summed E-state index contributed by atoms with van der Waals surface area (Å²) in [5.41, 5.74) is -4.83. The predicted molar refractivity (Wildman–Crippen MR) is 183 cm³/mol. The molecule has 3 aromatic carbocycles. The van der Waals surface area contributed by atoms with Gasteiger partial charge < -0.3 is 24.4 Å². The number of aliphatic carboxylic acids is 1. The van der Waals surface area contributed by atoms with Crippen molar-refractivity contribution in [1.29, 1.82) is 0 Å². The molecule has 4 aliphatic carbocycles. The lowest BCUT2D eigenvalue weighted by Gasteiger charge is -2.62. The molecule has 260 valence electrons. The molecule has 0 radical (unpaired) electrons. The van der Waals surface area contributed by atoms with Crippen LogP contribution < -0.4 is 9.47 Å². The maximum absolute atomic E-state index is 17.5. The molecule has 3 saturated carbocycles. The number of aliphatic hydroxyl groups is 1. The van der Waals surface area contributed by atoms with Gasteiger partial charge in [-0.2, -0.15) is 0 Å². The predicted octanol–water partition coefficient (Wildman–Crippen LogP) is 8.06. The number of allylic oxidation sites excluding steroid dienone is 4. The number of benzene rings is 3. The van der Waals surface area contributed by atoms with E-state index < -0.39 is 52.0 Å². The van der Waals surface area contributed by atoms with Crippen molar-refractivity contribution in [2.75, 3.05) is 0 Å². The average molecular weight is 701 g/mol. The number of alkyl halides is 1. The summed E-state index contributed by atoms with van der Waals surface area (Å²) < 4.78 is 35.3. The minimum atomic E-state index is -2.12. The number of hydrogen-bond acceptors (Lipinski definition) is 7. The van der Waals surface area contributed by atoms with E-state index in [0.717, 1.165) is 5.56 Å². The number of carbonyl (C=O) groups is 3. The van der Waals surface area contributed by atoms with Gasteiger partial charge in [0.25, 0.3) is 0 Å². The number of carboxylic acids is 1. The van der Waals surface area contributed by atoms with Gasteiger partial charge in [0.1, 0.15) is 23.9 Å². The smallest absolute Gasteiger partial charge is 0.348 e. The number of rotatable bonds is 8. The highest BCUT2D eigenvalue weighted by molar-refractivity contribution is 6.32. The van der Waals surface area contributed by atoms with Gasteiger partial charge in [0.2, 0.25) is 5.60 Å². The lowest BCUT2D eigenvalue weighted by atomic mass is 9.45. The highest BCUT2D eigenvalue weighted by atomic mass is 35.5. The lowest BCUT2D eigenvalue weighted by molar-refractivity contribution is -0.222. The molecule has 10 heteroatoms. The van der Waals surface area contributed by atoms with Crippen LogP contribution in [-0.4, -0.2) is 45.3 Å². The van der Waals surface area contributed by atoms with Gasteiger partial charge in [-0.15, -0.1) is 0 Å². The molecule has 0 bridgehead atoms. The first-order valence-electron chi connectivity index (χ1n) is 16.8. The minimum absolute atomic E-state index is 0.0191. The number of carboxylic acid groups (broad SMARTS) is 1. The SMILES string of the molecule is C[C@]12C=CC(=O)C=C1CC[C@H]1[C@@H]3CC[C@@](OC(=O)c4ccc(Oc5ccc(Cl)c(OCc6ccccc6)c5)cc4)(C(=O)O)[C@@]3(C)C[C@H](O)C12F. The van der Waals surface area contributed by atoms with Crippen molar-refractivity contribution in [2.24, 2.45) is 22.7 Å². The summed E-state index contributed by atoms with van der Waals surface area (Å²) in [6, 6.07) is 20.8. The van der Waals surface area contributed by atoms with E-state index >= 15 is 4.39 Å². The van der Waals surface area contributed by atoms with E-state index in [9.17, 15) is 24.6 Å². The summed E-state index contributed by atoms with van der Waals surface area (Å²) in [7, 11) is 0. The Hall–Kier alpha value is -4.47. The topological polar surface area (TPSA) is 119 Å². The lowest BCUT2D eigenvalue weighted by Crippen LogP contribution is -2.69. The van der Waals surface area contributed by atoms with E-state index in [1.54, 1.807) is 50.3 Å². The Morgan fingerprint density at radius 3 is 2.42 bits per heavy atom. The first kappa shape index (κ1) is 34.0. The second-order valence-corrected chi connectivity index (χ2v) is 14.7. The number of halogens is 2. The highest BCUT2D eigenvalue weighted by Gasteiger charge is 2.76. The maximum Gasteiger partial charge on any atom is 0.348 e. The molecule has 0 spiro atoms. The van der Waals surface area contributed by atoms with Gasteiger partial charge in [0.05, 0.1) is 16.7 Å². The molecule has 8 nitrogen and oxygen atoms in total. The van der Waals surface area contributed by atoms with Crippen molar-refractivity contribution in [2.45, 2.75) is 69.9 Å². The average Bonchev–Trinajstić information content (AvgIpc) is 3.38. The fourth-order valence-electron chi connectivity index (χ4n) is 9.17. The number of esters is 1.